The van der Waals surface area contributed by atoms with E-state index in [1.165, 1.54) is 4.90 Å². The fourth-order valence-electron chi connectivity index (χ4n) is 1.92. The number of hydrogen-bond acceptors (Lipinski definition) is 3. The Bertz CT molecular complexity index is 545. The van der Waals surface area contributed by atoms with Gasteiger partial charge in [0.05, 0.1) is 6.42 Å². The molecule has 0 heterocycles. The molecule has 0 unspecified atom stereocenters. The van der Waals surface area contributed by atoms with Crippen LogP contribution in [0.5, 0.6) is 0 Å². The van der Waals surface area contributed by atoms with Gasteiger partial charge in [0.25, 0.3) is 0 Å². The average molecular weight is 293 g/mol. The Hall–Kier alpha value is -2.57. The fraction of sp³-hybridized carbons (Fsp3) is 0.357. The molecular formula is C14H19N3O4. The molecule has 0 aliphatic carbocycles. The maximum absolute atomic E-state index is 12.2. The molecule has 0 aromatic heterocycles. The van der Waals surface area contributed by atoms with Crippen LogP contribution in [0.25, 0.3) is 0 Å². The summed E-state index contributed by atoms with van der Waals surface area (Å²) in [5, 5.41) is 11.3. The van der Waals surface area contributed by atoms with E-state index in [0.29, 0.717) is 12.2 Å². The molecule has 0 radical (unpaired) electrons. The number of para-hydroxylation sites is 1. The Morgan fingerprint density at radius 3 is 2.43 bits per heavy atom. The van der Waals surface area contributed by atoms with Gasteiger partial charge in [-0.05, 0) is 25.5 Å². The first-order chi connectivity index (χ1) is 9.86. The molecule has 7 heteroatoms. The number of hydrogen-bond donors (Lipinski definition) is 3. The topological polar surface area (TPSA) is 113 Å². The third kappa shape index (κ3) is 4.48. The van der Waals surface area contributed by atoms with Gasteiger partial charge >= 0.3 is 12.0 Å². The van der Waals surface area contributed by atoms with E-state index in [1.807, 2.05) is 19.1 Å². The number of primary amides is 1. The first-order valence-corrected chi connectivity index (χ1v) is 6.51. The van der Waals surface area contributed by atoms with Crippen LogP contribution in [-0.4, -0.2) is 35.6 Å². The number of carbonyl (C=O) groups excluding carboxylic acids is 2. The van der Waals surface area contributed by atoms with E-state index in [-0.39, 0.29) is 0 Å². The maximum Gasteiger partial charge on any atom is 0.326 e. The second-order valence-corrected chi connectivity index (χ2v) is 4.54. The summed E-state index contributed by atoms with van der Waals surface area (Å²) < 4.78 is 0. The number of nitrogens with one attached hydrogen (secondary N) is 1. The molecular weight excluding hydrogens is 274 g/mol. The Morgan fingerprint density at radius 1 is 1.33 bits per heavy atom. The van der Waals surface area contributed by atoms with Crippen LogP contribution < -0.4 is 16.0 Å². The maximum atomic E-state index is 12.2. The Morgan fingerprint density at radius 2 is 1.95 bits per heavy atom. The van der Waals surface area contributed by atoms with E-state index in [2.05, 4.69) is 5.32 Å². The third-order valence-corrected chi connectivity index (χ3v) is 2.97. The predicted molar refractivity (Wildman–Crippen MR) is 78.0 cm³/mol. The molecule has 4 N–H and O–H groups in total. The monoisotopic (exact) mass is 293 g/mol. The van der Waals surface area contributed by atoms with Gasteiger partial charge in [-0.1, -0.05) is 18.2 Å². The van der Waals surface area contributed by atoms with Crippen LogP contribution >= 0.6 is 0 Å². The van der Waals surface area contributed by atoms with Gasteiger partial charge in [0.2, 0.25) is 5.91 Å². The number of rotatable bonds is 6. The molecule has 1 aromatic rings. The van der Waals surface area contributed by atoms with Gasteiger partial charge in [0.1, 0.15) is 6.04 Å². The number of amides is 3. The van der Waals surface area contributed by atoms with Gasteiger partial charge in [0, 0.05) is 12.2 Å². The SMILES string of the molecule is CCN(C(=O)N[C@H](CC(N)=O)C(=O)O)c1ccccc1C. The first kappa shape index (κ1) is 16.5. The minimum Gasteiger partial charge on any atom is -0.480 e. The molecule has 0 fully saturated rings. The van der Waals surface area contributed by atoms with E-state index < -0.39 is 30.4 Å². The van der Waals surface area contributed by atoms with Gasteiger partial charge in [-0.15, -0.1) is 0 Å². The first-order valence-electron chi connectivity index (χ1n) is 6.51. The number of carboxylic acids is 1. The largest absolute Gasteiger partial charge is 0.480 e. The van der Waals surface area contributed by atoms with Crippen LogP contribution in [0, 0.1) is 6.92 Å². The quantitative estimate of drug-likeness (QED) is 0.722. The van der Waals surface area contributed by atoms with Gasteiger partial charge in [0.15, 0.2) is 0 Å². The Labute approximate surface area is 122 Å². The van der Waals surface area contributed by atoms with E-state index in [9.17, 15) is 14.4 Å². The standard InChI is InChI=1S/C14H19N3O4/c1-3-17(11-7-5-4-6-9(11)2)14(21)16-10(13(19)20)8-12(15)18/h4-7,10H,3,8H2,1-2H3,(H2,15,18)(H,16,21)(H,19,20)/t10-/m1/s1. The molecule has 3 amide bonds. The van der Waals surface area contributed by atoms with Crippen molar-refractivity contribution in [1.29, 1.82) is 0 Å². The van der Waals surface area contributed by atoms with Crippen LogP contribution in [0.15, 0.2) is 24.3 Å². The molecule has 1 rings (SSSR count). The molecule has 7 nitrogen and oxygen atoms in total. The highest BCUT2D eigenvalue weighted by atomic mass is 16.4. The molecule has 0 saturated heterocycles. The molecule has 21 heavy (non-hydrogen) atoms. The lowest BCUT2D eigenvalue weighted by Crippen LogP contribution is -2.49. The second-order valence-electron chi connectivity index (χ2n) is 4.54. The third-order valence-electron chi connectivity index (χ3n) is 2.97. The lowest BCUT2D eigenvalue weighted by molar-refractivity contribution is -0.140. The number of nitrogens with two attached hydrogens (primary N) is 1. The van der Waals surface area contributed by atoms with Crippen LogP contribution in [0.4, 0.5) is 10.5 Å². The molecule has 0 bridgehead atoms. The zero-order valence-corrected chi connectivity index (χ0v) is 12.0. The van der Waals surface area contributed by atoms with Gasteiger partial charge in [-0.2, -0.15) is 0 Å². The number of aryl methyl sites for hydroxylation is 1. The van der Waals surface area contributed by atoms with Crippen molar-refractivity contribution in [1.82, 2.24) is 5.32 Å². The van der Waals surface area contributed by atoms with E-state index in [0.717, 1.165) is 5.56 Å². The molecule has 0 saturated carbocycles. The number of carbonyl (C=O) groups is 3. The minimum absolute atomic E-state index is 0.361. The van der Waals surface area contributed by atoms with Crippen molar-refractivity contribution in [2.75, 3.05) is 11.4 Å². The van der Waals surface area contributed by atoms with Crippen molar-refractivity contribution in [2.45, 2.75) is 26.3 Å². The summed E-state index contributed by atoms with van der Waals surface area (Å²) in [6.45, 7) is 3.98. The number of nitrogens with zero attached hydrogens (tertiary/aromatic N) is 1. The summed E-state index contributed by atoms with van der Waals surface area (Å²) in [5.74, 6) is -2.09. The second kappa shape index (κ2) is 7.28. The van der Waals surface area contributed by atoms with Crippen LogP contribution in [0.1, 0.15) is 18.9 Å². The summed E-state index contributed by atoms with van der Waals surface area (Å²) in [5.41, 5.74) is 6.55. The van der Waals surface area contributed by atoms with Gasteiger partial charge in [-0.3, -0.25) is 9.69 Å². The van der Waals surface area contributed by atoms with Crippen LogP contribution in [-0.2, 0) is 9.59 Å². The smallest absolute Gasteiger partial charge is 0.326 e. The lowest BCUT2D eigenvalue weighted by Gasteiger charge is -2.25. The fourth-order valence-corrected chi connectivity index (χ4v) is 1.92. The number of aliphatic carboxylic acids is 1. The van der Waals surface area contributed by atoms with E-state index in [1.54, 1.807) is 19.1 Å². The Balaban J connectivity index is 2.91. The van der Waals surface area contributed by atoms with Crippen molar-refractivity contribution in [2.24, 2.45) is 5.73 Å². The molecule has 1 aromatic carbocycles. The zero-order valence-electron chi connectivity index (χ0n) is 12.0. The van der Waals surface area contributed by atoms with E-state index >= 15 is 0 Å². The van der Waals surface area contributed by atoms with Crippen molar-refractivity contribution in [3.8, 4) is 0 Å². The minimum atomic E-state index is -1.34. The highest BCUT2D eigenvalue weighted by Crippen LogP contribution is 2.19. The average Bonchev–Trinajstić information content (AvgIpc) is 2.40. The summed E-state index contributed by atoms with van der Waals surface area (Å²) in [4.78, 5) is 35.5. The number of benzene rings is 1. The summed E-state index contributed by atoms with van der Waals surface area (Å²) in [6.07, 6.45) is -0.452. The molecule has 0 spiro atoms. The molecule has 114 valence electrons. The normalized spacial score (nSPS) is 11.5. The molecule has 0 aliphatic heterocycles. The van der Waals surface area contributed by atoms with Crippen molar-refractivity contribution >= 4 is 23.6 Å². The van der Waals surface area contributed by atoms with Crippen LogP contribution in [0.2, 0.25) is 0 Å². The van der Waals surface area contributed by atoms with Crippen LogP contribution in [0.3, 0.4) is 0 Å². The van der Waals surface area contributed by atoms with Crippen molar-refractivity contribution in [3.63, 3.8) is 0 Å². The van der Waals surface area contributed by atoms with Gasteiger partial charge in [-0.25, -0.2) is 9.59 Å². The highest BCUT2D eigenvalue weighted by Gasteiger charge is 2.25. The van der Waals surface area contributed by atoms with Crippen molar-refractivity contribution < 1.29 is 19.5 Å². The summed E-state index contributed by atoms with van der Waals surface area (Å²) in [6, 6.07) is 5.33. The summed E-state index contributed by atoms with van der Waals surface area (Å²) in [7, 11) is 0. The van der Waals surface area contributed by atoms with E-state index in [4.69, 9.17) is 10.8 Å². The number of urea groups is 1. The predicted octanol–water partition coefficient (Wildman–Crippen LogP) is 0.860. The number of anilines is 1. The summed E-state index contributed by atoms with van der Waals surface area (Å²) >= 11 is 0. The number of carboxylic acid groups (broad SMARTS) is 1. The molecule has 1 atom stereocenters. The Kier molecular flexibility index (Phi) is 5.71. The zero-order chi connectivity index (χ0) is 16.0. The van der Waals surface area contributed by atoms with Gasteiger partial charge < -0.3 is 16.2 Å². The van der Waals surface area contributed by atoms with Crippen molar-refractivity contribution in [3.05, 3.63) is 29.8 Å². The molecule has 0 aliphatic rings. The lowest BCUT2D eigenvalue weighted by atomic mass is 10.2. The highest BCUT2D eigenvalue weighted by molar-refractivity contribution is 5.96.